The molecule has 0 bridgehead atoms. The van der Waals surface area contributed by atoms with Crippen LogP contribution >= 0.6 is 0 Å². The lowest BCUT2D eigenvalue weighted by Crippen LogP contribution is -2.21. The molecule has 0 saturated carbocycles. The number of aromatic nitrogens is 1. The monoisotopic (exact) mass is 401 g/mol. The van der Waals surface area contributed by atoms with Gasteiger partial charge in [-0.3, -0.25) is 4.98 Å². The van der Waals surface area contributed by atoms with Crippen LogP contribution in [0.15, 0.2) is 40.5 Å². The van der Waals surface area contributed by atoms with Crippen molar-refractivity contribution in [3.63, 3.8) is 0 Å². The molecule has 0 radical (unpaired) electrons. The minimum Gasteiger partial charge on any atom is -0.455 e. The van der Waals surface area contributed by atoms with E-state index in [1.165, 1.54) is 27.7 Å². The molecule has 0 amide bonds. The molecule has 1 aliphatic rings. The summed E-state index contributed by atoms with van der Waals surface area (Å²) < 4.78 is 6.79. The van der Waals surface area contributed by atoms with Gasteiger partial charge < -0.3 is 4.42 Å². The van der Waals surface area contributed by atoms with Crippen molar-refractivity contribution in [3.05, 3.63) is 58.4 Å². The average Bonchev–Trinajstić information content (AvgIpc) is 2.95. The highest BCUT2D eigenvalue weighted by molar-refractivity contribution is 6.16. The number of hydrogen-bond donors (Lipinski definition) is 0. The van der Waals surface area contributed by atoms with Gasteiger partial charge in [0.15, 0.2) is 0 Å². The van der Waals surface area contributed by atoms with Crippen molar-refractivity contribution >= 4 is 27.5 Å². The molecule has 0 saturated heterocycles. The fraction of sp³-hybridized carbons (Fsp3) is 0.464. The molecule has 0 aliphatic heterocycles. The lowest BCUT2D eigenvalue weighted by Gasteiger charge is -2.30. The summed E-state index contributed by atoms with van der Waals surface area (Å²) in [6.07, 6.45) is 2.02. The molecule has 1 aromatic carbocycles. The normalized spacial score (nSPS) is 16.6. The van der Waals surface area contributed by atoms with Crippen LogP contribution in [-0.4, -0.2) is 4.98 Å². The average molecular weight is 402 g/mol. The molecular formula is C28H35NO. The Hall–Kier alpha value is -2.35. The summed E-state index contributed by atoms with van der Waals surface area (Å²) in [6, 6.07) is 4.55. The molecule has 2 heteroatoms. The molecule has 3 aromatic rings. The number of benzene rings is 1. The van der Waals surface area contributed by atoms with E-state index in [1.54, 1.807) is 0 Å². The Bertz CT molecular complexity index is 1250. The van der Waals surface area contributed by atoms with E-state index in [-0.39, 0.29) is 16.2 Å². The maximum atomic E-state index is 6.79. The maximum Gasteiger partial charge on any atom is 0.142 e. The van der Waals surface area contributed by atoms with Crippen LogP contribution in [-0.2, 0) is 16.2 Å². The highest BCUT2D eigenvalue weighted by Gasteiger charge is 2.38. The van der Waals surface area contributed by atoms with Crippen LogP contribution in [0.4, 0.5) is 0 Å². The van der Waals surface area contributed by atoms with Crippen molar-refractivity contribution in [1.29, 1.82) is 0 Å². The van der Waals surface area contributed by atoms with Crippen LogP contribution in [0.3, 0.4) is 0 Å². The second-order valence-corrected chi connectivity index (χ2v) is 11.7. The topological polar surface area (TPSA) is 26.0 Å². The Kier molecular flexibility index (Phi) is 4.24. The Morgan fingerprint density at radius 1 is 0.900 bits per heavy atom. The smallest absolute Gasteiger partial charge is 0.142 e. The van der Waals surface area contributed by atoms with E-state index in [0.29, 0.717) is 0 Å². The van der Waals surface area contributed by atoms with Gasteiger partial charge in [0.2, 0.25) is 0 Å². The van der Waals surface area contributed by atoms with Crippen LogP contribution in [0.5, 0.6) is 0 Å². The number of furan rings is 1. The van der Waals surface area contributed by atoms with Crippen LogP contribution in [0, 0.1) is 0 Å². The van der Waals surface area contributed by atoms with E-state index in [9.17, 15) is 0 Å². The van der Waals surface area contributed by atoms with Gasteiger partial charge in [-0.05, 0) is 35.8 Å². The van der Waals surface area contributed by atoms with Gasteiger partial charge in [0.05, 0.1) is 11.1 Å². The number of rotatable bonds is 0. The third-order valence-corrected chi connectivity index (χ3v) is 6.73. The summed E-state index contributed by atoms with van der Waals surface area (Å²) in [5.74, 6) is 0. The molecule has 158 valence electrons. The van der Waals surface area contributed by atoms with Crippen molar-refractivity contribution in [1.82, 2.24) is 4.98 Å². The Labute approximate surface area is 181 Å². The first-order valence-corrected chi connectivity index (χ1v) is 10.9. The van der Waals surface area contributed by atoms with Gasteiger partial charge in [0.1, 0.15) is 11.2 Å². The first-order valence-electron chi connectivity index (χ1n) is 10.9. The van der Waals surface area contributed by atoms with Gasteiger partial charge in [-0.15, -0.1) is 0 Å². The van der Waals surface area contributed by atoms with Gasteiger partial charge >= 0.3 is 0 Å². The van der Waals surface area contributed by atoms with Crippen LogP contribution in [0.25, 0.3) is 27.5 Å². The molecule has 2 nitrogen and oxygen atoms in total. The van der Waals surface area contributed by atoms with Crippen molar-refractivity contribution in [2.45, 2.75) is 85.5 Å². The lowest BCUT2D eigenvalue weighted by molar-refractivity contribution is 0.554. The quantitative estimate of drug-likeness (QED) is 0.379. The molecule has 1 aliphatic carbocycles. The SMILES string of the molecule is C=C1C(=C(C)C)c2ncc(C(C)(C)C)c3oc4c(C(C)(C)C)ccc(c4c23)C1(C)C. The van der Waals surface area contributed by atoms with Crippen LogP contribution < -0.4 is 0 Å². The molecule has 0 atom stereocenters. The van der Waals surface area contributed by atoms with E-state index < -0.39 is 0 Å². The van der Waals surface area contributed by atoms with Gasteiger partial charge in [-0.1, -0.05) is 79.7 Å². The molecule has 0 unspecified atom stereocenters. The van der Waals surface area contributed by atoms with E-state index in [0.717, 1.165) is 33.4 Å². The second-order valence-electron chi connectivity index (χ2n) is 11.7. The van der Waals surface area contributed by atoms with Gasteiger partial charge in [0.25, 0.3) is 0 Å². The maximum absolute atomic E-state index is 6.79. The number of allylic oxidation sites excluding steroid dienone is 3. The van der Waals surface area contributed by atoms with Gasteiger partial charge in [-0.25, -0.2) is 0 Å². The van der Waals surface area contributed by atoms with Gasteiger partial charge in [0, 0.05) is 33.7 Å². The first-order chi connectivity index (χ1) is 13.7. The predicted molar refractivity (Wildman–Crippen MR) is 129 cm³/mol. The van der Waals surface area contributed by atoms with E-state index >= 15 is 0 Å². The molecule has 0 N–H and O–H groups in total. The van der Waals surface area contributed by atoms with Crippen LogP contribution in [0.2, 0.25) is 0 Å². The standard InChI is InChI=1S/C28H35NO/c1-15(2)20-16(3)28(10,11)17-12-13-18(26(4,5)6)24-21(17)22-23(20)29-14-19(25(22)30-24)27(7,8)9/h12-14H,3H2,1-2,4-11H3. The number of nitrogens with zero attached hydrogens (tertiary/aromatic N) is 1. The highest BCUT2D eigenvalue weighted by Crippen LogP contribution is 2.52. The predicted octanol–water partition coefficient (Wildman–Crippen LogP) is 8.22. The minimum atomic E-state index is -0.222. The fourth-order valence-corrected chi connectivity index (χ4v) is 4.86. The van der Waals surface area contributed by atoms with Gasteiger partial charge in [-0.2, -0.15) is 0 Å². The summed E-state index contributed by atoms with van der Waals surface area (Å²) in [5.41, 5.74) is 9.90. The molecule has 2 aromatic heterocycles. The molecule has 4 rings (SSSR count). The molecule has 30 heavy (non-hydrogen) atoms. The van der Waals surface area contributed by atoms with E-state index in [1.807, 2.05) is 6.20 Å². The zero-order valence-corrected chi connectivity index (χ0v) is 20.3. The highest BCUT2D eigenvalue weighted by atomic mass is 16.3. The van der Waals surface area contributed by atoms with E-state index in [2.05, 4.69) is 87.9 Å². The molecule has 0 spiro atoms. The Balaban J connectivity index is 2.37. The van der Waals surface area contributed by atoms with Crippen molar-refractivity contribution < 1.29 is 4.42 Å². The minimum absolute atomic E-state index is 0.0192. The Morgan fingerprint density at radius 3 is 2.00 bits per heavy atom. The molecular weight excluding hydrogens is 366 g/mol. The molecule has 2 heterocycles. The summed E-state index contributed by atoms with van der Waals surface area (Å²) >= 11 is 0. The zero-order valence-electron chi connectivity index (χ0n) is 20.3. The molecule has 0 fully saturated rings. The summed E-state index contributed by atoms with van der Waals surface area (Å²) in [4.78, 5) is 5.05. The van der Waals surface area contributed by atoms with E-state index in [4.69, 9.17) is 9.40 Å². The van der Waals surface area contributed by atoms with Crippen molar-refractivity contribution in [2.24, 2.45) is 0 Å². The first kappa shape index (κ1) is 20.9. The summed E-state index contributed by atoms with van der Waals surface area (Å²) in [7, 11) is 0. The van der Waals surface area contributed by atoms with Crippen molar-refractivity contribution in [3.8, 4) is 0 Å². The summed E-state index contributed by atoms with van der Waals surface area (Å²) in [6.45, 7) is 26.9. The van der Waals surface area contributed by atoms with Crippen molar-refractivity contribution in [2.75, 3.05) is 0 Å². The zero-order chi connectivity index (χ0) is 22.4. The third-order valence-electron chi connectivity index (χ3n) is 6.73. The summed E-state index contributed by atoms with van der Waals surface area (Å²) in [5, 5.41) is 2.37. The number of hydrogen-bond acceptors (Lipinski definition) is 2. The largest absolute Gasteiger partial charge is 0.455 e. The third kappa shape index (κ3) is 2.72. The lowest BCUT2D eigenvalue weighted by atomic mass is 9.73. The Morgan fingerprint density at radius 2 is 1.47 bits per heavy atom. The second kappa shape index (κ2) is 6.09. The number of pyridine rings is 1. The fourth-order valence-electron chi connectivity index (χ4n) is 4.86. The van der Waals surface area contributed by atoms with Crippen LogP contribution in [0.1, 0.15) is 91.6 Å².